The first kappa shape index (κ1) is 20.9. The molecular weight excluding hydrogens is 399 g/mol. The van der Waals surface area contributed by atoms with Gasteiger partial charge in [-0.1, -0.05) is 23.7 Å². The van der Waals surface area contributed by atoms with Crippen molar-refractivity contribution in [1.29, 1.82) is 0 Å². The molecule has 1 atom stereocenters. The molecule has 27 heavy (non-hydrogen) atoms. The number of hydrogen-bond acceptors (Lipinski definition) is 5. The van der Waals surface area contributed by atoms with Crippen molar-refractivity contribution in [2.45, 2.75) is 17.9 Å². The predicted molar refractivity (Wildman–Crippen MR) is 99.4 cm³/mol. The van der Waals surface area contributed by atoms with Gasteiger partial charge in [-0.05, 0) is 25.1 Å². The zero-order valence-corrected chi connectivity index (χ0v) is 16.3. The summed E-state index contributed by atoms with van der Waals surface area (Å²) in [5.74, 6) is -0.982. The molecule has 10 heteroatoms. The molecule has 0 bridgehead atoms. The Bertz CT molecular complexity index is 952. The van der Waals surface area contributed by atoms with Gasteiger partial charge in [0.05, 0.1) is 31.0 Å². The molecule has 0 saturated carbocycles. The first-order valence-corrected chi connectivity index (χ1v) is 9.55. The van der Waals surface area contributed by atoms with Gasteiger partial charge in [-0.25, -0.2) is 12.8 Å². The molecule has 1 amide bonds. The number of benzene rings is 2. The van der Waals surface area contributed by atoms with Crippen LogP contribution in [0.5, 0.6) is 11.5 Å². The first-order chi connectivity index (χ1) is 12.7. The molecule has 0 aliphatic heterocycles. The van der Waals surface area contributed by atoms with Crippen LogP contribution in [0.1, 0.15) is 6.92 Å². The van der Waals surface area contributed by atoms with E-state index in [1.807, 2.05) is 0 Å². The highest BCUT2D eigenvalue weighted by Crippen LogP contribution is 2.35. The van der Waals surface area contributed by atoms with E-state index in [-0.39, 0.29) is 16.5 Å². The highest BCUT2D eigenvalue weighted by Gasteiger charge is 2.25. The van der Waals surface area contributed by atoms with Crippen molar-refractivity contribution < 1.29 is 27.1 Å². The maximum absolute atomic E-state index is 13.7. The van der Waals surface area contributed by atoms with Gasteiger partial charge in [0.25, 0.3) is 0 Å². The third-order valence-electron chi connectivity index (χ3n) is 3.58. The van der Waals surface area contributed by atoms with Crippen molar-refractivity contribution in [3.63, 3.8) is 0 Å². The number of sulfonamides is 1. The standard InChI is InChI=1S/C17H18ClFN2O5S/c1-10(21-27(23,24)16-7-5-4-6-12(16)19)17(22)20-13-8-11(18)14(25-2)9-15(13)26-3/h4-10,21H,1-3H3,(H,20,22)/t10-/m0/s1. The second-order valence-corrected chi connectivity index (χ2v) is 7.54. The molecule has 0 unspecified atom stereocenters. The van der Waals surface area contributed by atoms with Crippen molar-refractivity contribution in [1.82, 2.24) is 4.72 Å². The minimum atomic E-state index is -4.23. The van der Waals surface area contributed by atoms with E-state index in [4.69, 9.17) is 21.1 Å². The van der Waals surface area contributed by atoms with Gasteiger partial charge in [-0.2, -0.15) is 4.72 Å². The molecule has 0 aromatic heterocycles. The maximum atomic E-state index is 13.7. The van der Waals surface area contributed by atoms with Crippen LogP contribution in [0.15, 0.2) is 41.3 Å². The van der Waals surface area contributed by atoms with E-state index in [0.717, 1.165) is 12.1 Å². The number of amides is 1. The summed E-state index contributed by atoms with van der Waals surface area (Å²) in [6.07, 6.45) is 0. The molecule has 2 aromatic carbocycles. The van der Waals surface area contributed by atoms with Gasteiger partial charge in [-0.3, -0.25) is 4.79 Å². The Morgan fingerprint density at radius 2 is 1.78 bits per heavy atom. The van der Waals surface area contributed by atoms with Gasteiger partial charge in [-0.15, -0.1) is 0 Å². The van der Waals surface area contributed by atoms with Gasteiger partial charge in [0.15, 0.2) is 0 Å². The largest absolute Gasteiger partial charge is 0.495 e. The van der Waals surface area contributed by atoms with Crippen LogP contribution in [0.2, 0.25) is 5.02 Å². The molecule has 146 valence electrons. The molecule has 0 saturated heterocycles. The van der Waals surface area contributed by atoms with Crippen LogP contribution >= 0.6 is 11.6 Å². The molecule has 0 aliphatic carbocycles. The molecule has 7 nitrogen and oxygen atoms in total. The number of anilines is 1. The van der Waals surface area contributed by atoms with Crippen molar-refractivity contribution in [2.24, 2.45) is 0 Å². The van der Waals surface area contributed by atoms with E-state index in [1.165, 1.54) is 45.4 Å². The van der Waals surface area contributed by atoms with Crippen LogP contribution < -0.4 is 19.5 Å². The number of rotatable bonds is 7. The SMILES string of the molecule is COc1cc(OC)c(NC(=O)[C@H](C)NS(=O)(=O)c2ccccc2F)cc1Cl. The number of carbonyl (C=O) groups excluding carboxylic acids is 1. The number of nitrogens with one attached hydrogen (secondary N) is 2. The minimum Gasteiger partial charge on any atom is -0.495 e. The zero-order chi connectivity index (χ0) is 20.2. The Kier molecular flexibility index (Phi) is 6.63. The molecule has 2 N–H and O–H groups in total. The van der Waals surface area contributed by atoms with Crippen LogP contribution in [0.3, 0.4) is 0 Å². The van der Waals surface area contributed by atoms with E-state index >= 15 is 0 Å². The van der Waals surface area contributed by atoms with E-state index < -0.39 is 32.7 Å². The Morgan fingerprint density at radius 3 is 2.37 bits per heavy atom. The van der Waals surface area contributed by atoms with Gasteiger partial charge < -0.3 is 14.8 Å². The fourth-order valence-corrected chi connectivity index (χ4v) is 3.73. The highest BCUT2D eigenvalue weighted by atomic mass is 35.5. The van der Waals surface area contributed by atoms with Crippen molar-refractivity contribution in [3.05, 3.63) is 47.2 Å². The smallest absolute Gasteiger partial charge is 0.244 e. The Balaban J connectivity index is 2.19. The predicted octanol–water partition coefficient (Wildman–Crippen LogP) is 2.80. The molecule has 0 fully saturated rings. The molecule has 2 rings (SSSR count). The quantitative estimate of drug-likeness (QED) is 0.723. The summed E-state index contributed by atoms with van der Waals surface area (Å²) >= 11 is 6.04. The van der Waals surface area contributed by atoms with Crippen LogP contribution in [-0.4, -0.2) is 34.6 Å². The minimum absolute atomic E-state index is 0.227. The number of ether oxygens (including phenoxy) is 2. The third-order valence-corrected chi connectivity index (χ3v) is 5.45. The summed E-state index contributed by atoms with van der Waals surface area (Å²) in [6, 6.07) is 6.57. The molecule has 0 heterocycles. The summed E-state index contributed by atoms with van der Waals surface area (Å²) in [5, 5.41) is 2.75. The van der Waals surface area contributed by atoms with E-state index in [2.05, 4.69) is 10.0 Å². The summed E-state index contributed by atoms with van der Waals surface area (Å²) in [7, 11) is -1.40. The lowest BCUT2D eigenvalue weighted by Crippen LogP contribution is -2.41. The zero-order valence-electron chi connectivity index (χ0n) is 14.7. The molecule has 2 aromatic rings. The molecule has 0 spiro atoms. The number of halogens is 2. The second kappa shape index (κ2) is 8.55. The van der Waals surface area contributed by atoms with Crippen LogP contribution in [0, 0.1) is 5.82 Å². The van der Waals surface area contributed by atoms with Crippen molar-refractivity contribution in [2.75, 3.05) is 19.5 Å². The monoisotopic (exact) mass is 416 g/mol. The first-order valence-electron chi connectivity index (χ1n) is 7.69. The van der Waals surface area contributed by atoms with Crippen LogP contribution in [0.25, 0.3) is 0 Å². The lowest BCUT2D eigenvalue weighted by atomic mass is 10.2. The highest BCUT2D eigenvalue weighted by molar-refractivity contribution is 7.89. The Labute approximate surface area is 161 Å². The second-order valence-electron chi connectivity index (χ2n) is 5.45. The lowest BCUT2D eigenvalue weighted by Gasteiger charge is -2.17. The topological polar surface area (TPSA) is 93.7 Å². The fourth-order valence-electron chi connectivity index (χ4n) is 2.21. The van der Waals surface area contributed by atoms with Crippen molar-refractivity contribution in [3.8, 4) is 11.5 Å². The van der Waals surface area contributed by atoms with E-state index in [0.29, 0.717) is 5.75 Å². The van der Waals surface area contributed by atoms with Crippen LogP contribution in [0.4, 0.5) is 10.1 Å². The summed E-state index contributed by atoms with van der Waals surface area (Å²) in [6.45, 7) is 1.32. The average molecular weight is 417 g/mol. The molecular formula is C17H18ClFN2O5S. The van der Waals surface area contributed by atoms with Gasteiger partial charge in [0.2, 0.25) is 15.9 Å². The Hall–Kier alpha value is -2.36. The van der Waals surface area contributed by atoms with Crippen LogP contribution in [-0.2, 0) is 14.8 Å². The molecule has 0 radical (unpaired) electrons. The number of methoxy groups -OCH3 is 2. The average Bonchev–Trinajstić information content (AvgIpc) is 2.61. The van der Waals surface area contributed by atoms with Crippen molar-refractivity contribution >= 4 is 33.2 Å². The van der Waals surface area contributed by atoms with E-state index in [9.17, 15) is 17.6 Å². The van der Waals surface area contributed by atoms with Gasteiger partial charge >= 0.3 is 0 Å². The lowest BCUT2D eigenvalue weighted by molar-refractivity contribution is -0.117. The normalized spacial score (nSPS) is 12.3. The summed E-state index contributed by atoms with van der Waals surface area (Å²) in [4.78, 5) is 11.8. The number of carbonyl (C=O) groups is 1. The van der Waals surface area contributed by atoms with Gasteiger partial charge in [0, 0.05) is 6.07 Å². The third kappa shape index (κ3) is 4.88. The maximum Gasteiger partial charge on any atom is 0.244 e. The van der Waals surface area contributed by atoms with E-state index in [1.54, 1.807) is 0 Å². The summed E-state index contributed by atoms with van der Waals surface area (Å²) in [5.41, 5.74) is 0.227. The number of hydrogen-bond donors (Lipinski definition) is 2. The molecule has 0 aliphatic rings. The fraction of sp³-hybridized carbons (Fsp3) is 0.235. The Morgan fingerprint density at radius 1 is 1.15 bits per heavy atom. The summed E-state index contributed by atoms with van der Waals surface area (Å²) < 4.78 is 50.7. The van der Waals surface area contributed by atoms with Gasteiger partial charge in [0.1, 0.15) is 22.2 Å².